The molecule has 1 saturated carbocycles. The Morgan fingerprint density at radius 2 is 1.93 bits per heavy atom. The molecular formula is C11H17N3. The van der Waals surface area contributed by atoms with Crippen LogP contribution in [0.4, 0.5) is 5.69 Å². The molecule has 0 amide bonds. The molecule has 0 radical (unpaired) electrons. The molecule has 1 aliphatic carbocycles. The Kier molecular flexibility index (Phi) is 2.96. The molecule has 0 spiro atoms. The van der Waals surface area contributed by atoms with E-state index in [1.807, 2.05) is 12.4 Å². The van der Waals surface area contributed by atoms with Gasteiger partial charge in [0.05, 0.1) is 18.1 Å². The third kappa shape index (κ3) is 2.22. The van der Waals surface area contributed by atoms with Crippen molar-refractivity contribution in [3.63, 3.8) is 0 Å². The Balaban J connectivity index is 1.90. The predicted molar refractivity (Wildman–Crippen MR) is 57.1 cm³/mol. The number of rotatable bonds is 3. The van der Waals surface area contributed by atoms with E-state index < -0.39 is 0 Å². The molecule has 2 rings (SSSR count). The van der Waals surface area contributed by atoms with Crippen molar-refractivity contribution in [2.45, 2.75) is 38.6 Å². The first-order valence-electron chi connectivity index (χ1n) is 5.38. The standard InChI is InChI=1S/C11H17N3/c1-9(10-4-2-3-5-10)14-11-6-12-8-13-7-11/h6-10,14H,2-5H2,1H3. The fourth-order valence-electron chi connectivity index (χ4n) is 2.21. The van der Waals surface area contributed by atoms with E-state index in [9.17, 15) is 0 Å². The summed E-state index contributed by atoms with van der Waals surface area (Å²) in [6.07, 6.45) is 10.7. The molecule has 1 aliphatic rings. The van der Waals surface area contributed by atoms with E-state index >= 15 is 0 Å². The van der Waals surface area contributed by atoms with Crippen LogP contribution in [0.2, 0.25) is 0 Å². The van der Waals surface area contributed by atoms with Crippen molar-refractivity contribution in [3.05, 3.63) is 18.7 Å². The van der Waals surface area contributed by atoms with Gasteiger partial charge in [-0.25, -0.2) is 9.97 Å². The van der Waals surface area contributed by atoms with Crippen LogP contribution in [-0.4, -0.2) is 16.0 Å². The lowest BCUT2D eigenvalue weighted by Crippen LogP contribution is -2.23. The Bertz CT molecular complexity index is 267. The maximum atomic E-state index is 3.99. The average molecular weight is 191 g/mol. The minimum atomic E-state index is 0.545. The first kappa shape index (κ1) is 9.44. The largest absolute Gasteiger partial charge is 0.380 e. The summed E-state index contributed by atoms with van der Waals surface area (Å²) in [5.41, 5.74) is 1.03. The second-order valence-corrected chi connectivity index (χ2v) is 4.10. The average Bonchev–Trinajstić information content (AvgIpc) is 2.72. The summed E-state index contributed by atoms with van der Waals surface area (Å²) in [5, 5.41) is 3.46. The quantitative estimate of drug-likeness (QED) is 0.797. The summed E-state index contributed by atoms with van der Waals surface area (Å²) in [5.74, 6) is 0.829. The summed E-state index contributed by atoms with van der Waals surface area (Å²) in [6.45, 7) is 2.25. The van der Waals surface area contributed by atoms with Crippen molar-refractivity contribution >= 4 is 5.69 Å². The van der Waals surface area contributed by atoms with E-state index in [4.69, 9.17) is 0 Å². The van der Waals surface area contributed by atoms with Crippen molar-refractivity contribution in [3.8, 4) is 0 Å². The van der Waals surface area contributed by atoms with Gasteiger partial charge in [0, 0.05) is 6.04 Å². The van der Waals surface area contributed by atoms with E-state index in [2.05, 4.69) is 22.2 Å². The molecule has 1 unspecified atom stereocenters. The van der Waals surface area contributed by atoms with Crippen LogP contribution in [0.5, 0.6) is 0 Å². The fourth-order valence-corrected chi connectivity index (χ4v) is 2.21. The van der Waals surface area contributed by atoms with Crippen LogP contribution in [0.15, 0.2) is 18.7 Å². The molecule has 1 heterocycles. The first-order chi connectivity index (χ1) is 6.86. The maximum Gasteiger partial charge on any atom is 0.115 e. The first-order valence-corrected chi connectivity index (χ1v) is 5.38. The van der Waals surface area contributed by atoms with E-state index in [1.54, 1.807) is 6.33 Å². The third-order valence-electron chi connectivity index (χ3n) is 3.06. The molecule has 1 aromatic heterocycles. The normalized spacial score (nSPS) is 19.5. The zero-order valence-electron chi connectivity index (χ0n) is 8.61. The van der Waals surface area contributed by atoms with Crippen molar-refractivity contribution in [2.75, 3.05) is 5.32 Å². The number of nitrogens with one attached hydrogen (secondary N) is 1. The van der Waals surface area contributed by atoms with Crippen LogP contribution in [0.3, 0.4) is 0 Å². The predicted octanol–water partition coefficient (Wildman–Crippen LogP) is 2.47. The molecule has 1 atom stereocenters. The van der Waals surface area contributed by atoms with Gasteiger partial charge >= 0.3 is 0 Å². The highest BCUT2D eigenvalue weighted by atomic mass is 15.0. The molecule has 1 aromatic rings. The molecule has 0 bridgehead atoms. The van der Waals surface area contributed by atoms with E-state index in [0.29, 0.717) is 6.04 Å². The number of aromatic nitrogens is 2. The molecule has 0 saturated heterocycles. The monoisotopic (exact) mass is 191 g/mol. The highest BCUT2D eigenvalue weighted by molar-refractivity contribution is 5.38. The molecule has 3 heteroatoms. The number of nitrogens with zero attached hydrogens (tertiary/aromatic N) is 2. The van der Waals surface area contributed by atoms with Crippen molar-refractivity contribution in [1.82, 2.24) is 9.97 Å². The van der Waals surface area contributed by atoms with Crippen LogP contribution in [0.1, 0.15) is 32.6 Å². The Hall–Kier alpha value is -1.12. The van der Waals surface area contributed by atoms with Crippen LogP contribution >= 0.6 is 0 Å². The second-order valence-electron chi connectivity index (χ2n) is 4.10. The molecule has 1 N–H and O–H groups in total. The topological polar surface area (TPSA) is 37.8 Å². The summed E-state index contributed by atoms with van der Waals surface area (Å²) in [7, 11) is 0. The van der Waals surface area contributed by atoms with Gasteiger partial charge in [-0.1, -0.05) is 12.8 Å². The molecule has 1 fully saturated rings. The van der Waals surface area contributed by atoms with Crippen molar-refractivity contribution in [2.24, 2.45) is 5.92 Å². The SMILES string of the molecule is CC(Nc1cncnc1)C1CCCC1. The molecule has 14 heavy (non-hydrogen) atoms. The highest BCUT2D eigenvalue weighted by Gasteiger charge is 2.21. The summed E-state index contributed by atoms with van der Waals surface area (Å²) in [4.78, 5) is 7.98. The number of hydrogen-bond acceptors (Lipinski definition) is 3. The lowest BCUT2D eigenvalue weighted by Gasteiger charge is -2.20. The molecule has 0 aromatic carbocycles. The minimum Gasteiger partial charge on any atom is -0.380 e. The van der Waals surface area contributed by atoms with Crippen molar-refractivity contribution in [1.29, 1.82) is 0 Å². The molecule has 76 valence electrons. The Labute approximate surface area is 85.0 Å². The summed E-state index contributed by atoms with van der Waals surface area (Å²) in [6, 6.07) is 0.545. The van der Waals surface area contributed by atoms with Crippen LogP contribution in [-0.2, 0) is 0 Å². The molecular weight excluding hydrogens is 174 g/mol. The number of hydrogen-bond donors (Lipinski definition) is 1. The highest BCUT2D eigenvalue weighted by Crippen LogP contribution is 2.28. The summed E-state index contributed by atoms with van der Waals surface area (Å²) >= 11 is 0. The zero-order valence-corrected chi connectivity index (χ0v) is 8.61. The molecule has 3 nitrogen and oxygen atoms in total. The minimum absolute atomic E-state index is 0.545. The molecule has 0 aliphatic heterocycles. The fraction of sp³-hybridized carbons (Fsp3) is 0.636. The van der Waals surface area contributed by atoms with Crippen LogP contribution in [0.25, 0.3) is 0 Å². The second kappa shape index (κ2) is 4.40. The lowest BCUT2D eigenvalue weighted by atomic mass is 10.00. The smallest absolute Gasteiger partial charge is 0.115 e. The third-order valence-corrected chi connectivity index (χ3v) is 3.06. The van der Waals surface area contributed by atoms with Crippen LogP contribution < -0.4 is 5.32 Å². The van der Waals surface area contributed by atoms with E-state index in [1.165, 1.54) is 25.7 Å². The number of anilines is 1. The Morgan fingerprint density at radius 1 is 1.29 bits per heavy atom. The van der Waals surface area contributed by atoms with Gasteiger partial charge in [-0.2, -0.15) is 0 Å². The van der Waals surface area contributed by atoms with Gasteiger partial charge in [0.25, 0.3) is 0 Å². The van der Waals surface area contributed by atoms with E-state index in [0.717, 1.165) is 11.6 Å². The van der Waals surface area contributed by atoms with Gasteiger partial charge in [-0.15, -0.1) is 0 Å². The van der Waals surface area contributed by atoms with Gasteiger partial charge < -0.3 is 5.32 Å². The van der Waals surface area contributed by atoms with Gasteiger partial charge in [-0.3, -0.25) is 0 Å². The van der Waals surface area contributed by atoms with Crippen molar-refractivity contribution < 1.29 is 0 Å². The zero-order chi connectivity index (χ0) is 9.80. The maximum absolute atomic E-state index is 3.99. The van der Waals surface area contributed by atoms with E-state index in [-0.39, 0.29) is 0 Å². The van der Waals surface area contributed by atoms with Gasteiger partial charge in [-0.05, 0) is 25.7 Å². The van der Waals surface area contributed by atoms with Gasteiger partial charge in [0.15, 0.2) is 0 Å². The van der Waals surface area contributed by atoms with Gasteiger partial charge in [0.2, 0.25) is 0 Å². The Morgan fingerprint density at radius 3 is 2.57 bits per heavy atom. The lowest BCUT2D eigenvalue weighted by molar-refractivity contribution is 0.482. The van der Waals surface area contributed by atoms with Crippen LogP contribution in [0, 0.1) is 5.92 Å². The summed E-state index contributed by atoms with van der Waals surface area (Å²) < 4.78 is 0. The van der Waals surface area contributed by atoms with Gasteiger partial charge in [0.1, 0.15) is 6.33 Å².